The van der Waals surface area contributed by atoms with Crippen LogP contribution in [-0.2, 0) is 8.85 Å². The second kappa shape index (κ2) is 13.6. The van der Waals surface area contributed by atoms with E-state index in [1.807, 2.05) is 72.8 Å². The Labute approximate surface area is 377 Å². The van der Waals surface area contributed by atoms with Gasteiger partial charge in [0.1, 0.15) is 22.6 Å². The number of aromatic nitrogens is 2. The molecule has 0 atom stereocenters. The van der Waals surface area contributed by atoms with Crippen molar-refractivity contribution >= 4 is 65.4 Å². The van der Waals surface area contributed by atoms with E-state index in [4.69, 9.17) is 38.8 Å². The first-order valence-corrected chi connectivity index (χ1v) is 24.3. The lowest BCUT2D eigenvalue weighted by molar-refractivity contribution is -0.261. The van der Waals surface area contributed by atoms with Crippen molar-refractivity contribution in [2.24, 2.45) is 30.0 Å². The average Bonchev–Trinajstić information content (AvgIpc) is 3.97. The van der Waals surface area contributed by atoms with Crippen LogP contribution in [0.25, 0.3) is 21.5 Å². The van der Waals surface area contributed by atoms with E-state index in [1.165, 1.54) is 10.1 Å². The number of hydroxylamine groups is 4. The van der Waals surface area contributed by atoms with Crippen LogP contribution in [0.4, 0.5) is 11.6 Å². The molecular formula is C50H52N10O4Si. The van der Waals surface area contributed by atoms with Gasteiger partial charge in [-0.1, -0.05) is 97.1 Å². The Morgan fingerprint density at radius 1 is 0.431 bits per heavy atom. The third-order valence-electron chi connectivity index (χ3n) is 14.2. The molecule has 8 heterocycles. The number of piperidine rings is 2. The molecule has 2 N–H and O–H groups in total. The normalized spacial score (nSPS) is 22.6. The van der Waals surface area contributed by atoms with Gasteiger partial charge in [-0.05, 0) is 81.1 Å². The van der Waals surface area contributed by atoms with Crippen LogP contribution in [-0.4, -0.2) is 95.6 Å². The van der Waals surface area contributed by atoms with Crippen molar-refractivity contribution in [2.75, 3.05) is 0 Å². The second-order valence-corrected chi connectivity index (χ2v) is 23.3. The zero-order valence-electron chi connectivity index (χ0n) is 37.9. The van der Waals surface area contributed by atoms with Crippen molar-refractivity contribution in [3.8, 4) is 0 Å². The lowest BCUT2D eigenvalue weighted by Crippen LogP contribution is -2.70. The first kappa shape index (κ1) is 40.7. The Kier molecular flexibility index (Phi) is 8.54. The van der Waals surface area contributed by atoms with Crippen LogP contribution in [0.1, 0.15) is 103 Å². The molecule has 14 nitrogen and oxygen atoms in total. The summed E-state index contributed by atoms with van der Waals surface area (Å²) in [5.41, 5.74) is 1.85. The number of hydrogen-bond donors (Lipinski definition) is 2. The maximum atomic E-state index is 11.7. The van der Waals surface area contributed by atoms with E-state index in [1.54, 1.807) is 0 Å². The van der Waals surface area contributed by atoms with Gasteiger partial charge in [0, 0.05) is 66.0 Å². The fourth-order valence-electron chi connectivity index (χ4n) is 11.6. The predicted octanol–water partition coefficient (Wildman–Crippen LogP) is 8.23. The van der Waals surface area contributed by atoms with Crippen LogP contribution < -0.4 is 11.0 Å². The van der Waals surface area contributed by atoms with Crippen molar-refractivity contribution < 1.29 is 19.3 Å². The summed E-state index contributed by atoms with van der Waals surface area (Å²) in [6.07, 6.45) is 0.970. The van der Waals surface area contributed by atoms with Gasteiger partial charge >= 0.3 is 8.88 Å². The largest absolute Gasteiger partial charge is 0.603 e. The second-order valence-electron chi connectivity index (χ2n) is 20.8. The quantitative estimate of drug-likeness (QED) is 0.171. The van der Waals surface area contributed by atoms with Crippen molar-refractivity contribution in [1.29, 1.82) is 0 Å². The van der Waals surface area contributed by atoms with Gasteiger partial charge in [0.25, 0.3) is 0 Å². The maximum Gasteiger partial charge on any atom is 0.603 e. The van der Waals surface area contributed by atoms with Crippen molar-refractivity contribution in [2.45, 2.75) is 115 Å². The fraction of sp³-hybridized carbons (Fsp3) is 0.360. The minimum absolute atomic E-state index is 0.463. The number of rotatable bonds is 4. The molecule has 0 spiro atoms. The number of benzene rings is 4. The molecule has 0 unspecified atom stereocenters. The molecule has 0 amide bonds. The fourth-order valence-corrected chi connectivity index (χ4v) is 15.3. The number of fused-ring (bicyclic) bond motifs is 14. The molecule has 6 aliphatic rings. The smallest absolute Gasteiger partial charge is 0.358 e. The number of amidine groups is 4. The summed E-state index contributed by atoms with van der Waals surface area (Å²) in [4.78, 5) is 32.9. The average molecular weight is 885 g/mol. The molecule has 0 aliphatic carbocycles. The van der Waals surface area contributed by atoms with E-state index in [-0.39, 0.29) is 0 Å². The zero-order valence-corrected chi connectivity index (χ0v) is 38.9. The molecule has 12 rings (SSSR count). The Morgan fingerprint density at radius 3 is 1.09 bits per heavy atom. The zero-order chi connectivity index (χ0) is 45.0. The third kappa shape index (κ3) is 5.92. The first-order valence-electron chi connectivity index (χ1n) is 22.6. The van der Waals surface area contributed by atoms with E-state index >= 15 is 0 Å². The maximum absolute atomic E-state index is 11.7. The van der Waals surface area contributed by atoms with E-state index in [9.17, 15) is 10.4 Å². The van der Waals surface area contributed by atoms with Gasteiger partial charge in [0.2, 0.25) is 0 Å². The molecule has 0 saturated carbocycles. The summed E-state index contributed by atoms with van der Waals surface area (Å²) in [7, 11) is -4.56. The Bertz CT molecular complexity index is 3080. The lowest BCUT2D eigenvalue weighted by atomic mass is 9.80. The summed E-state index contributed by atoms with van der Waals surface area (Å²) in [5.74, 6) is 3.22. The summed E-state index contributed by atoms with van der Waals surface area (Å²) < 4.78 is 20.8. The van der Waals surface area contributed by atoms with Gasteiger partial charge in [-0.3, -0.25) is 8.47 Å². The topological polar surface area (TPSA) is 149 Å². The Hall–Kier alpha value is -5.78. The number of nitrogens with zero attached hydrogens (tertiary/aromatic N) is 10. The van der Waals surface area contributed by atoms with E-state index in [2.05, 4.69) is 88.1 Å². The summed E-state index contributed by atoms with van der Waals surface area (Å²) >= 11 is 0. The Balaban J connectivity index is 1.31. The SMILES string of the molecule is CC1(C)CC(O[Si]2(OC3CC(C)(C)N(O)C(C)(C)C3)n3c4c5ccccc5c3N=C3N=C(N=c5c6ccccc6c(n52)=NC2=NC(=N4)c4ccccc42)c2ccccc23)CC(C)(C)N1O. The van der Waals surface area contributed by atoms with Crippen molar-refractivity contribution in [1.82, 2.24) is 18.6 Å². The number of hydrogen-bond acceptors (Lipinski definition) is 12. The molecule has 6 aromatic rings. The lowest BCUT2D eigenvalue weighted by Gasteiger charge is -2.54. The van der Waals surface area contributed by atoms with Crippen LogP contribution in [0.2, 0.25) is 0 Å². The van der Waals surface area contributed by atoms with Gasteiger partial charge < -0.3 is 19.3 Å². The highest BCUT2D eigenvalue weighted by Gasteiger charge is 2.60. The molecule has 2 saturated heterocycles. The van der Waals surface area contributed by atoms with Gasteiger partial charge in [-0.25, -0.2) is 30.0 Å². The molecule has 2 fully saturated rings. The standard InChI is InChI=1S/C50H52N10O4Si/c1-47(2)25-29(26-48(3,4)59(47)61)63-65(64-30-27-49(5,6)60(62)50(7,8)28-30)57-43-35-21-13-14-22-36(35)45(57)55-41-33-19-11-12-20-34(33)42(52-41)56-46-38-24-16-15-23-37(38)44(58(46)65)54-40-32-18-10-9-17-31(32)39(51-40)53-43/h9-24,29-30,61-62H,25-28H2,1-8H3. The van der Waals surface area contributed by atoms with Crippen LogP contribution in [0.15, 0.2) is 127 Å². The van der Waals surface area contributed by atoms with Crippen LogP contribution in [0, 0.1) is 0 Å². The highest BCUT2D eigenvalue weighted by atomic mass is 28.4. The van der Waals surface area contributed by atoms with E-state index < -0.39 is 43.2 Å². The number of aliphatic imine (C=N–C) groups is 4. The summed E-state index contributed by atoms with van der Waals surface area (Å²) in [6.45, 7) is 16.4. The minimum atomic E-state index is -4.56. The molecule has 6 bridgehead atoms. The predicted molar refractivity (Wildman–Crippen MR) is 253 cm³/mol. The third-order valence-corrected chi connectivity index (χ3v) is 17.4. The van der Waals surface area contributed by atoms with Gasteiger partial charge in [-0.15, -0.1) is 0 Å². The van der Waals surface area contributed by atoms with Crippen LogP contribution >= 0.6 is 0 Å². The van der Waals surface area contributed by atoms with Gasteiger partial charge in [-0.2, -0.15) is 10.1 Å². The highest BCUT2D eigenvalue weighted by Crippen LogP contribution is 2.48. The molecular weight excluding hydrogens is 833 g/mol. The van der Waals surface area contributed by atoms with Gasteiger partial charge in [0.15, 0.2) is 23.3 Å². The summed E-state index contributed by atoms with van der Waals surface area (Å²) in [5, 5.41) is 29.8. The molecule has 65 heavy (non-hydrogen) atoms. The van der Waals surface area contributed by atoms with Crippen molar-refractivity contribution in [3.05, 3.63) is 130 Å². The molecule has 6 aliphatic heterocycles. The molecule has 2 aromatic heterocycles. The molecule has 15 heteroatoms. The first-order chi connectivity index (χ1) is 31.0. The summed E-state index contributed by atoms with van der Waals surface area (Å²) in [6, 6.07) is 32.6. The molecule has 4 aromatic carbocycles. The van der Waals surface area contributed by atoms with Crippen LogP contribution in [0.3, 0.4) is 0 Å². The monoisotopic (exact) mass is 884 g/mol. The van der Waals surface area contributed by atoms with E-state index in [0.29, 0.717) is 71.6 Å². The van der Waals surface area contributed by atoms with Gasteiger partial charge in [0.05, 0.1) is 12.2 Å². The molecule has 330 valence electrons. The molecule has 0 radical (unpaired) electrons. The minimum Gasteiger partial charge on any atom is -0.358 e. The van der Waals surface area contributed by atoms with Crippen molar-refractivity contribution in [3.63, 3.8) is 0 Å². The van der Waals surface area contributed by atoms with Crippen LogP contribution in [0.5, 0.6) is 0 Å². The Morgan fingerprint density at radius 2 is 0.738 bits per heavy atom. The highest BCUT2D eigenvalue weighted by molar-refractivity contribution is 6.66. The van der Waals surface area contributed by atoms with E-state index in [0.717, 1.165) is 43.8 Å².